The van der Waals surface area contributed by atoms with Crippen LogP contribution in [0, 0.1) is 12.7 Å². The maximum absolute atomic E-state index is 13.7. The fourth-order valence-electron chi connectivity index (χ4n) is 2.30. The first-order valence-corrected chi connectivity index (χ1v) is 8.67. The summed E-state index contributed by atoms with van der Waals surface area (Å²) in [5.41, 5.74) is 3.40. The van der Waals surface area contributed by atoms with Crippen molar-refractivity contribution in [1.29, 1.82) is 0 Å². The van der Waals surface area contributed by atoms with Crippen molar-refractivity contribution in [3.8, 4) is 5.75 Å². The van der Waals surface area contributed by atoms with E-state index in [0.717, 1.165) is 15.7 Å². The number of nitrogens with zero attached hydrogens (tertiary/aromatic N) is 1. The summed E-state index contributed by atoms with van der Waals surface area (Å²) in [7, 11) is 0. The van der Waals surface area contributed by atoms with Crippen molar-refractivity contribution in [2.24, 2.45) is 4.99 Å². The number of hydrogen-bond acceptors (Lipinski definition) is 2. The molecule has 0 aliphatic rings. The molecule has 0 saturated carbocycles. The lowest BCUT2D eigenvalue weighted by Gasteiger charge is -2.10. The van der Waals surface area contributed by atoms with E-state index >= 15 is 0 Å². The Morgan fingerprint density at radius 1 is 1.04 bits per heavy atom. The fraction of sp³-hybridized carbons (Fsp3) is 0.0952. The third-order valence-electron chi connectivity index (χ3n) is 3.70. The predicted octanol–water partition coefficient (Wildman–Crippen LogP) is 6.23. The van der Waals surface area contributed by atoms with E-state index in [4.69, 9.17) is 4.74 Å². The van der Waals surface area contributed by atoms with Gasteiger partial charge in [-0.1, -0.05) is 51.8 Å². The van der Waals surface area contributed by atoms with Gasteiger partial charge in [0, 0.05) is 21.8 Å². The van der Waals surface area contributed by atoms with E-state index < -0.39 is 0 Å². The standard InChI is InChI=1S/C21H17BrFNO/c1-15-6-9-19(10-7-15)24-13-17-12-18(22)8-11-21(17)25-14-16-4-2-3-5-20(16)23/h2-13H,14H2,1H3. The Labute approximate surface area is 155 Å². The molecule has 0 heterocycles. The van der Waals surface area contributed by atoms with Crippen molar-refractivity contribution in [2.75, 3.05) is 0 Å². The molecule has 3 aromatic rings. The molecular formula is C21H17BrFNO. The topological polar surface area (TPSA) is 21.6 Å². The van der Waals surface area contributed by atoms with E-state index in [2.05, 4.69) is 20.9 Å². The number of hydrogen-bond donors (Lipinski definition) is 0. The van der Waals surface area contributed by atoms with Crippen LogP contribution < -0.4 is 4.74 Å². The smallest absolute Gasteiger partial charge is 0.129 e. The SMILES string of the molecule is Cc1ccc(N=Cc2cc(Br)ccc2OCc2ccccc2F)cc1. The molecule has 0 N–H and O–H groups in total. The monoisotopic (exact) mass is 397 g/mol. The van der Waals surface area contributed by atoms with Gasteiger partial charge in [0.1, 0.15) is 18.2 Å². The first-order chi connectivity index (χ1) is 12.1. The van der Waals surface area contributed by atoms with Gasteiger partial charge in [-0.3, -0.25) is 4.99 Å². The number of ether oxygens (including phenoxy) is 1. The lowest BCUT2D eigenvalue weighted by Crippen LogP contribution is -2.00. The van der Waals surface area contributed by atoms with Gasteiger partial charge in [-0.05, 0) is 43.3 Å². The quantitative estimate of drug-likeness (QED) is 0.467. The largest absolute Gasteiger partial charge is 0.488 e. The molecule has 0 amide bonds. The zero-order valence-corrected chi connectivity index (χ0v) is 15.3. The van der Waals surface area contributed by atoms with Gasteiger partial charge in [-0.15, -0.1) is 0 Å². The molecular weight excluding hydrogens is 381 g/mol. The van der Waals surface area contributed by atoms with Gasteiger partial charge in [0.2, 0.25) is 0 Å². The predicted molar refractivity (Wildman–Crippen MR) is 103 cm³/mol. The van der Waals surface area contributed by atoms with Crippen LogP contribution in [0.3, 0.4) is 0 Å². The molecule has 25 heavy (non-hydrogen) atoms. The number of aliphatic imine (C=N–C) groups is 1. The van der Waals surface area contributed by atoms with Crippen LogP contribution in [0.15, 0.2) is 76.2 Å². The van der Waals surface area contributed by atoms with Crippen LogP contribution in [-0.4, -0.2) is 6.21 Å². The molecule has 0 atom stereocenters. The highest BCUT2D eigenvalue weighted by Gasteiger charge is 2.06. The highest BCUT2D eigenvalue weighted by atomic mass is 79.9. The summed E-state index contributed by atoms with van der Waals surface area (Å²) in [5, 5.41) is 0. The number of halogens is 2. The maximum atomic E-state index is 13.7. The van der Waals surface area contributed by atoms with Gasteiger partial charge >= 0.3 is 0 Å². The van der Waals surface area contributed by atoms with E-state index in [1.807, 2.05) is 49.4 Å². The van der Waals surface area contributed by atoms with Crippen molar-refractivity contribution in [1.82, 2.24) is 0 Å². The number of rotatable bonds is 5. The summed E-state index contributed by atoms with van der Waals surface area (Å²) in [5.74, 6) is 0.386. The molecule has 0 aliphatic heterocycles. The lowest BCUT2D eigenvalue weighted by molar-refractivity contribution is 0.299. The summed E-state index contributed by atoms with van der Waals surface area (Å²) in [4.78, 5) is 4.49. The van der Waals surface area contributed by atoms with E-state index in [-0.39, 0.29) is 12.4 Å². The summed E-state index contributed by atoms with van der Waals surface area (Å²) in [6.07, 6.45) is 1.76. The van der Waals surface area contributed by atoms with Gasteiger partial charge in [-0.2, -0.15) is 0 Å². The van der Waals surface area contributed by atoms with Crippen molar-refractivity contribution < 1.29 is 9.13 Å². The van der Waals surface area contributed by atoms with Crippen LogP contribution in [0.1, 0.15) is 16.7 Å². The van der Waals surface area contributed by atoms with Crippen molar-refractivity contribution in [2.45, 2.75) is 13.5 Å². The molecule has 3 rings (SSSR count). The van der Waals surface area contributed by atoms with E-state index in [9.17, 15) is 4.39 Å². The van der Waals surface area contributed by atoms with E-state index in [1.54, 1.807) is 24.4 Å². The molecule has 0 saturated heterocycles. The molecule has 3 aromatic carbocycles. The lowest BCUT2D eigenvalue weighted by atomic mass is 10.2. The summed E-state index contributed by atoms with van der Waals surface area (Å²) in [6, 6.07) is 20.2. The average molecular weight is 398 g/mol. The molecule has 0 aromatic heterocycles. The van der Waals surface area contributed by atoms with E-state index in [1.165, 1.54) is 11.6 Å². The first-order valence-electron chi connectivity index (χ1n) is 7.88. The first kappa shape index (κ1) is 17.4. The average Bonchev–Trinajstić information content (AvgIpc) is 2.62. The Balaban J connectivity index is 1.80. The molecule has 126 valence electrons. The second-order valence-electron chi connectivity index (χ2n) is 5.66. The van der Waals surface area contributed by atoms with Crippen LogP contribution in [0.2, 0.25) is 0 Å². The van der Waals surface area contributed by atoms with Gasteiger partial charge in [-0.25, -0.2) is 4.39 Å². The van der Waals surface area contributed by atoms with Crippen molar-refractivity contribution >= 4 is 27.8 Å². The van der Waals surface area contributed by atoms with Crippen LogP contribution in [0.5, 0.6) is 5.75 Å². The highest BCUT2D eigenvalue weighted by molar-refractivity contribution is 9.10. The molecule has 0 unspecified atom stereocenters. The summed E-state index contributed by atoms with van der Waals surface area (Å²) < 4.78 is 20.5. The molecule has 0 fully saturated rings. The molecule has 0 aliphatic carbocycles. The Kier molecular flexibility index (Phi) is 5.61. The van der Waals surface area contributed by atoms with Gasteiger partial charge < -0.3 is 4.74 Å². The Hall–Kier alpha value is -2.46. The van der Waals surface area contributed by atoms with Crippen molar-refractivity contribution in [3.05, 3.63) is 93.7 Å². The minimum Gasteiger partial charge on any atom is -0.488 e. The molecule has 4 heteroatoms. The molecule has 2 nitrogen and oxygen atoms in total. The fourth-order valence-corrected chi connectivity index (χ4v) is 2.68. The highest BCUT2D eigenvalue weighted by Crippen LogP contribution is 2.24. The Bertz CT molecular complexity index is 891. The Morgan fingerprint density at radius 2 is 1.80 bits per heavy atom. The van der Waals surface area contributed by atoms with Crippen LogP contribution in [-0.2, 0) is 6.61 Å². The summed E-state index contributed by atoms with van der Waals surface area (Å²) >= 11 is 3.46. The van der Waals surface area contributed by atoms with Crippen molar-refractivity contribution in [3.63, 3.8) is 0 Å². The molecule has 0 spiro atoms. The molecule has 0 bridgehead atoms. The van der Waals surface area contributed by atoms with Gasteiger partial charge in [0.15, 0.2) is 0 Å². The minimum absolute atomic E-state index is 0.166. The second kappa shape index (κ2) is 8.08. The zero-order chi connectivity index (χ0) is 17.6. The summed E-state index contributed by atoms with van der Waals surface area (Å²) in [6.45, 7) is 2.20. The third-order valence-corrected chi connectivity index (χ3v) is 4.19. The minimum atomic E-state index is -0.269. The Morgan fingerprint density at radius 3 is 2.56 bits per heavy atom. The molecule has 0 radical (unpaired) electrons. The number of aryl methyl sites for hydroxylation is 1. The van der Waals surface area contributed by atoms with Gasteiger partial charge in [0.25, 0.3) is 0 Å². The zero-order valence-electron chi connectivity index (χ0n) is 13.7. The van der Waals surface area contributed by atoms with Gasteiger partial charge in [0.05, 0.1) is 5.69 Å². The third kappa shape index (κ3) is 4.77. The van der Waals surface area contributed by atoms with E-state index in [0.29, 0.717) is 11.3 Å². The maximum Gasteiger partial charge on any atom is 0.129 e. The van der Waals surface area contributed by atoms with Crippen LogP contribution in [0.25, 0.3) is 0 Å². The normalized spacial score (nSPS) is 11.0. The van der Waals surface area contributed by atoms with Crippen LogP contribution >= 0.6 is 15.9 Å². The van der Waals surface area contributed by atoms with Crippen LogP contribution in [0.4, 0.5) is 10.1 Å². The number of benzene rings is 3. The second-order valence-corrected chi connectivity index (χ2v) is 6.57.